The molecule has 0 aliphatic heterocycles. The van der Waals surface area contributed by atoms with Gasteiger partial charge in [0.15, 0.2) is 0 Å². The first kappa shape index (κ1) is 12.7. The van der Waals surface area contributed by atoms with E-state index in [1.807, 2.05) is 11.3 Å². The minimum atomic E-state index is 0.538. The monoisotopic (exact) mass is 264 g/mol. The highest BCUT2D eigenvalue weighted by molar-refractivity contribution is 7.09. The van der Waals surface area contributed by atoms with Crippen molar-refractivity contribution in [3.8, 4) is 0 Å². The largest absolute Gasteiger partial charge is 0.149 e. The Morgan fingerprint density at radius 2 is 1.94 bits per heavy atom. The molecular formula is C15H17ClS. The van der Waals surface area contributed by atoms with Crippen molar-refractivity contribution in [2.75, 3.05) is 5.88 Å². The van der Waals surface area contributed by atoms with E-state index in [-0.39, 0.29) is 0 Å². The van der Waals surface area contributed by atoms with Gasteiger partial charge in [-0.25, -0.2) is 0 Å². The number of aryl methyl sites for hydroxylation is 1. The molecule has 0 fully saturated rings. The summed E-state index contributed by atoms with van der Waals surface area (Å²) in [5.41, 5.74) is 2.79. The summed E-state index contributed by atoms with van der Waals surface area (Å²) in [6, 6.07) is 12.9. The summed E-state index contributed by atoms with van der Waals surface area (Å²) in [6.45, 7) is 2.17. The molecule has 90 valence electrons. The van der Waals surface area contributed by atoms with Crippen LogP contribution in [-0.2, 0) is 12.8 Å². The number of rotatable bonds is 5. The van der Waals surface area contributed by atoms with Crippen LogP contribution >= 0.6 is 22.9 Å². The fourth-order valence-corrected chi connectivity index (χ4v) is 3.08. The second-order valence-electron chi connectivity index (χ2n) is 4.43. The summed E-state index contributed by atoms with van der Waals surface area (Å²) in [5, 5.41) is 2.13. The van der Waals surface area contributed by atoms with Gasteiger partial charge in [-0.1, -0.05) is 30.3 Å². The van der Waals surface area contributed by atoms with E-state index in [0.29, 0.717) is 5.92 Å². The molecule has 0 radical (unpaired) electrons. The maximum atomic E-state index is 6.09. The second-order valence-corrected chi connectivity index (χ2v) is 5.78. The average molecular weight is 265 g/mol. The molecule has 17 heavy (non-hydrogen) atoms. The lowest BCUT2D eigenvalue weighted by Crippen LogP contribution is -2.10. The van der Waals surface area contributed by atoms with Gasteiger partial charge in [0.25, 0.3) is 0 Å². The van der Waals surface area contributed by atoms with Crippen LogP contribution in [0.15, 0.2) is 41.8 Å². The van der Waals surface area contributed by atoms with Crippen molar-refractivity contribution in [2.45, 2.75) is 19.8 Å². The Bertz CT molecular complexity index is 448. The first-order chi connectivity index (χ1) is 8.29. The fraction of sp³-hybridized carbons (Fsp3) is 0.333. The van der Waals surface area contributed by atoms with Crippen LogP contribution in [0, 0.1) is 12.8 Å². The molecule has 0 saturated carbocycles. The Labute approximate surface area is 112 Å². The summed E-state index contributed by atoms with van der Waals surface area (Å²) in [7, 11) is 0. The van der Waals surface area contributed by atoms with E-state index in [2.05, 4.69) is 48.7 Å². The van der Waals surface area contributed by atoms with Gasteiger partial charge in [0.05, 0.1) is 0 Å². The van der Waals surface area contributed by atoms with Gasteiger partial charge < -0.3 is 0 Å². The number of alkyl halides is 1. The SMILES string of the molecule is Cc1ccccc1CC(CCl)Cc1cccs1. The average Bonchev–Trinajstić information content (AvgIpc) is 2.84. The second kappa shape index (κ2) is 6.23. The van der Waals surface area contributed by atoms with Crippen molar-refractivity contribution in [3.63, 3.8) is 0 Å². The smallest absolute Gasteiger partial charge is 0.0258 e. The lowest BCUT2D eigenvalue weighted by atomic mass is 9.94. The fourth-order valence-electron chi connectivity index (χ4n) is 2.04. The molecule has 1 heterocycles. The molecule has 0 nitrogen and oxygen atoms in total. The highest BCUT2D eigenvalue weighted by Crippen LogP contribution is 2.20. The van der Waals surface area contributed by atoms with Gasteiger partial charge in [-0.15, -0.1) is 22.9 Å². The van der Waals surface area contributed by atoms with E-state index < -0.39 is 0 Å². The zero-order valence-electron chi connectivity index (χ0n) is 10.0. The minimum absolute atomic E-state index is 0.538. The summed E-state index contributed by atoms with van der Waals surface area (Å²) in [5.74, 6) is 1.27. The molecule has 1 unspecified atom stereocenters. The van der Waals surface area contributed by atoms with Gasteiger partial charge >= 0.3 is 0 Å². The highest BCUT2D eigenvalue weighted by Gasteiger charge is 2.11. The Morgan fingerprint density at radius 3 is 2.59 bits per heavy atom. The van der Waals surface area contributed by atoms with Crippen molar-refractivity contribution in [1.82, 2.24) is 0 Å². The van der Waals surface area contributed by atoms with E-state index in [1.54, 1.807) is 0 Å². The quantitative estimate of drug-likeness (QED) is 0.687. The Hall–Kier alpha value is -0.790. The lowest BCUT2D eigenvalue weighted by molar-refractivity contribution is 0.587. The predicted octanol–water partition coefficient (Wildman–Crippen LogP) is 4.70. The Balaban J connectivity index is 2.03. The summed E-state index contributed by atoms with van der Waals surface area (Å²) >= 11 is 7.91. The van der Waals surface area contributed by atoms with Crippen molar-refractivity contribution >= 4 is 22.9 Å². The molecule has 0 aliphatic carbocycles. The van der Waals surface area contributed by atoms with Crippen LogP contribution in [0.5, 0.6) is 0 Å². The van der Waals surface area contributed by atoms with Gasteiger partial charge in [-0.3, -0.25) is 0 Å². The Morgan fingerprint density at radius 1 is 1.12 bits per heavy atom. The third kappa shape index (κ3) is 3.58. The van der Waals surface area contributed by atoms with Gasteiger partial charge in [-0.05, 0) is 48.3 Å². The Kier molecular flexibility index (Phi) is 4.64. The van der Waals surface area contributed by atoms with Crippen molar-refractivity contribution in [3.05, 3.63) is 57.8 Å². The van der Waals surface area contributed by atoms with Crippen molar-refractivity contribution < 1.29 is 0 Å². The van der Waals surface area contributed by atoms with Crippen LogP contribution < -0.4 is 0 Å². The zero-order valence-corrected chi connectivity index (χ0v) is 11.6. The highest BCUT2D eigenvalue weighted by atomic mass is 35.5. The van der Waals surface area contributed by atoms with Gasteiger partial charge in [0.2, 0.25) is 0 Å². The van der Waals surface area contributed by atoms with Crippen LogP contribution in [0.2, 0.25) is 0 Å². The topological polar surface area (TPSA) is 0 Å². The molecule has 0 spiro atoms. The molecule has 1 aromatic carbocycles. The zero-order chi connectivity index (χ0) is 12.1. The number of halogens is 1. The molecule has 2 heteroatoms. The molecule has 1 aromatic heterocycles. The van der Waals surface area contributed by atoms with Gasteiger partial charge in [-0.2, -0.15) is 0 Å². The third-order valence-electron chi connectivity index (χ3n) is 3.06. The summed E-state index contributed by atoms with van der Waals surface area (Å²) in [6.07, 6.45) is 2.17. The van der Waals surface area contributed by atoms with Crippen molar-refractivity contribution in [2.24, 2.45) is 5.92 Å². The van der Waals surface area contributed by atoms with Crippen LogP contribution in [0.3, 0.4) is 0 Å². The number of hydrogen-bond donors (Lipinski definition) is 0. The van der Waals surface area contributed by atoms with Crippen LogP contribution in [-0.4, -0.2) is 5.88 Å². The minimum Gasteiger partial charge on any atom is -0.149 e. The molecule has 0 N–H and O–H groups in total. The molecule has 1 atom stereocenters. The van der Waals surface area contributed by atoms with E-state index in [4.69, 9.17) is 11.6 Å². The normalized spacial score (nSPS) is 12.6. The first-order valence-electron chi connectivity index (χ1n) is 5.92. The third-order valence-corrected chi connectivity index (χ3v) is 4.39. The van der Waals surface area contributed by atoms with Crippen LogP contribution in [0.4, 0.5) is 0 Å². The van der Waals surface area contributed by atoms with Crippen LogP contribution in [0.1, 0.15) is 16.0 Å². The lowest BCUT2D eigenvalue weighted by Gasteiger charge is -2.14. The number of hydrogen-bond acceptors (Lipinski definition) is 1. The predicted molar refractivity (Wildman–Crippen MR) is 77.1 cm³/mol. The first-order valence-corrected chi connectivity index (χ1v) is 7.34. The standard InChI is InChI=1S/C15H17ClS/c1-12-5-2-3-6-14(12)9-13(11-16)10-15-7-4-8-17-15/h2-8,13H,9-11H2,1H3. The molecule has 0 aliphatic rings. The summed E-state index contributed by atoms with van der Waals surface area (Å²) in [4.78, 5) is 1.43. The number of thiophene rings is 1. The molecule has 2 rings (SSSR count). The van der Waals surface area contributed by atoms with E-state index in [1.165, 1.54) is 16.0 Å². The maximum absolute atomic E-state index is 6.09. The van der Waals surface area contributed by atoms with Gasteiger partial charge in [0.1, 0.15) is 0 Å². The molecule has 0 bridgehead atoms. The molecule has 0 saturated heterocycles. The summed E-state index contributed by atoms with van der Waals surface area (Å²) < 4.78 is 0. The van der Waals surface area contributed by atoms with Crippen molar-refractivity contribution in [1.29, 1.82) is 0 Å². The van der Waals surface area contributed by atoms with E-state index in [9.17, 15) is 0 Å². The van der Waals surface area contributed by atoms with E-state index in [0.717, 1.165) is 18.7 Å². The van der Waals surface area contributed by atoms with Crippen LogP contribution in [0.25, 0.3) is 0 Å². The molecular weight excluding hydrogens is 248 g/mol. The van der Waals surface area contributed by atoms with E-state index >= 15 is 0 Å². The number of benzene rings is 1. The van der Waals surface area contributed by atoms with Gasteiger partial charge in [0, 0.05) is 10.8 Å². The maximum Gasteiger partial charge on any atom is 0.0258 e. The molecule has 0 amide bonds. The molecule has 2 aromatic rings.